The topological polar surface area (TPSA) is 67.2 Å². The number of carbonyl (C=O) groups is 1. The van der Waals surface area contributed by atoms with Gasteiger partial charge in [-0.1, -0.05) is 19.8 Å². The van der Waals surface area contributed by atoms with E-state index in [1.807, 2.05) is 12.1 Å². The van der Waals surface area contributed by atoms with Crippen molar-refractivity contribution in [3.8, 4) is 0 Å². The van der Waals surface area contributed by atoms with E-state index < -0.39 is 0 Å². The summed E-state index contributed by atoms with van der Waals surface area (Å²) in [5.41, 5.74) is 8.20. The Labute approximate surface area is 114 Å². The highest BCUT2D eigenvalue weighted by Crippen LogP contribution is 2.28. The van der Waals surface area contributed by atoms with Crippen LogP contribution in [0.15, 0.2) is 18.2 Å². The highest BCUT2D eigenvalue weighted by molar-refractivity contribution is 5.95. The summed E-state index contributed by atoms with van der Waals surface area (Å²) in [6.07, 6.45) is 4.98. The molecule has 0 heterocycles. The van der Waals surface area contributed by atoms with Gasteiger partial charge in [0.2, 0.25) is 0 Å². The van der Waals surface area contributed by atoms with Crippen molar-refractivity contribution in [3.05, 3.63) is 23.8 Å². The Bertz CT molecular complexity index is 459. The lowest BCUT2D eigenvalue weighted by Crippen LogP contribution is -2.26. The van der Waals surface area contributed by atoms with Crippen molar-refractivity contribution < 1.29 is 4.79 Å². The van der Waals surface area contributed by atoms with Crippen molar-refractivity contribution in [3.63, 3.8) is 0 Å². The van der Waals surface area contributed by atoms with E-state index in [0.29, 0.717) is 17.3 Å². The van der Waals surface area contributed by atoms with E-state index in [4.69, 9.17) is 5.73 Å². The Morgan fingerprint density at radius 3 is 2.79 bits per heavy atom. The lowest BCUT2D eigenvalue weighted by atomic mass is 9.87. The molecule has 0 aromatic heterocycles. The zero-order valence-corrected chi connectivity index (χ0v) is 11.7. The van der Waals surface area contributed by atoms with E-state index >= 15 is 0 Å². The Hall–Kier alpha value is -1.71. The summed E-state index contributed by atoms with van der Waals surface area (Å²) in [6.45, 7) is 2.30. The van der Waals surface area contributed by atoms with Crippen LogP contribution in [0.3, 0.4) is 0 Å². The summed E-state index contributed by atoms with van der Waals surface area (Å²) in [5, 5.41) is 6.11. The van der Waals surface area contributed by atoms with Crippen LogP contribution in [0.4, 0.5) is 11.4 Å². The number of anilines is 2. The first kappa shape index (κ1) is 13.7. The molecule has 1 aromatic rings. The van der Waals surface area contributed by atoms with Crippen LogP contribution in [-0.4, -0.2) is 19.0 Å². The third-order valence-corrected chi connectivity index (χ3v) is 3.84. The van der Waals surface area contributed by atoms with Gasteiger partial charge in [0.25, 0.3) is 5.91 Å². The van der Waals surface area contributed by atoms with Crippen LogP contribution in [-0.2, 0) is 0 Å². The molecule has 19 heavy (non-hydrogen) atoms. The molecular weight excluding hydrogens is 238 g/mol. The SMILES string of the molecule is CNC(=O)c1ccc(NC2CCCC(C)C2)c(N)c1. The van der Waals surface area contributed by atoms with Crippen molar-refractivity contribution in [1.29, 1.82) is 0 Å². The van der Waals surface area contributed by atoms with E-state index in [1.54, 1.807) is 13.1 Å². The van der Waals surface area contributed by atoms with Gasteiger partial charge in [0.15, 0.2) is 0 Å². The number of nitrogens with two attached hydrogens (primary N) is 1. The van der Waals surface area contributed by atoms with E-state index in [9.17, 15) is 4.79 Å². The van der Waals surface area contributed by atoms with Crippen LogP contribution < -0.4 is 16.4 Å². The predicted octanol–water partition coefficient (Wildman–Crippen LogP) is 2.62. The molecule has 0 saturated heterocycles. The van der Waals surface area contributed by atoms with E-state index in [0.717, 1.165) is 11.6 Å². The Morgan fingerprint density at radius 1 is 1.37 bits per heavy atom. The van der Waals surface area contributed by atoms with Crippen LogP contribution in [0, 0.1) is 5.92 Å². The fraction of sp³-hybridized carbons (Fsp3) is 0.533. The number of hydrogen-bond acceptors (Lipinski definition) is 3. The average molecular weight is 261 g/mol. The number of hydrogen-bond donors (Lipinski definition) is 3. The van der Waals surface area contributed by atoms with Gasteiger partial charge in [-0.3, -0.25) is 4.79 Å². The smallest absolute Gasteiger partial charge is 0.251 e. The van der Waals surface area contributed by atoms with Crippen LogP contribution >= 0.6 is 0 Å². The van der Waals surface area contributed by atoms with Gasteiger partial charge in [-0.25, -0.2) is 0 Å². The fourth-order valence-corrected chi connectivity index (χ4v) is 2.76. The molecule has 2 rings (SSSR count). The van der Waals surface area contributed by atoms with Crippen LogP contribution in [0.5, 0.6) is 0 Å². The van der Waals surface area contributed by atoms with Crippen molar-refractivity contribution in [2.45, 2.75) is 38.6 Å². The molecule has 0 spiro atoms. The van der Waals surface area contributed by atoms with Gasteiger partial charge < -0.3 is 16.4 Å². The molecule has 1 amide bonds. The lowest BCUT2D eigenvalue weighted by molar-refractivity contribution is 0.0963. The maximum atomic E-state index is 11.5. The highest BCUT2D eigenvalue weighted by atomic mass is 16.1. The van der Waals surface area contributed by atoms with Crippen LogP contribution in [0.2, 0.25) is 0 Å². The Balaban J connectivity index is 2.06. The van der Waals surface area contributed by atoms with Gasteiger partial charge in [0.1, 0.15) is 0 Å². The zero-order valence-electron chi connectivity index (χ0n) is 11.7. The number of rotatable bonds is 3. The van der Waals surface area contributed by atoms with Crippen molar-refractivity contribution >= 4 is 17.3 Å². The molecule has 1 fully saturated rings. The second-order valence-corrected chi connectivity index (χ2v) is 5.49. The third-order valence-electron chi connectivity index (χ3n) is 3.84. The summed E-state index contributed by atoms with van der Waals surface area (Å²) >= 11 is 0. The number of nitrogen functional groups attached to an aromatic ring is 1. The standard InChI is InChI=1S/C15H23N3O/c1-10-4-3-5-12(8-10)18-14-7-6-11(9-13(14)16)15(19)17-2/h6-7,9-10,12,18H,3-5,8,16H2,1-2H3,(H,17,19). The van der Waals surface area contributed by atoms with Crippen molar-refractivity contribution in [1.82, 2.24) is 5.32 Å². The molecule has 2 unspecified atom stereocenters. The Kier molecular flexibility index (Phi) is 4.30. The lowest BCUT2D eigenvalue weighted by Gasteiger charge is -2.28. The molecule has 0 bridgehead atoms. The van der Waals surface area contributed by atoms with E-state index in [2.05, 4.69) is 17.6 Å². The van der Waals surface area contributed by atoms with Gasteiger partial charge >= 0.3 is 0 Å². The van der Waals surface area contributed by atoms with E-state index in [1.165, 1.54) is 25.7 Å². The van der Waals surface area contributed by atoms with Gasteiger partial charge in [-0.2, -0.15) is 0 Å². The number of amides is 1. The largest absolute Gasteiger partial charge is 0.397 e. The molecule has 0 radical (unpaired) electrons. The second kappa shape index (κ2) is 5.95. The summed E-state index contributed by atoms with van der Waals surface area (Å²) in [6, 6.07) is 5.94. The first-order chi connectivity index (χ1) is 9.10. The maximum absolute atomic E-state index is 11.5. The normalized spacial score (nSPS) is 22.8. The third kappa shape index (κ3) is 3.40. The van der Waals surface area contributed by atoms with Gasteiger partial charge in [-0.05, 0) is 37.0 Å². The number of nitrogens with one attached hydrogen (secondary N) is 2. The molecule has 104 valence electrons. The summed E-state index contributed by atoms with van der Waals surface area (Å²) in [7, 11) is 1.62. The molecular formula is C15H23N3O. The van der Waals surface area contributed by atoms with E-state index in [-0.39, 0.29) is 5.91 Å². The Morgan fingerprint density at radius 2 is 2.16 bits per heavy atom. The molecule has 1 aliphatic carbocycles. The van der Waals surface area contributed by atoms with Gasteiger partial charge in [0, 0.05) is 18.7 Å². The molecule has 1 aromatic carbocycles. The zero-order chi connectivity index (χ0) is 13.8. The molecule has 0 aliphatic heterocycles. The molecule has 1 saturated carbocycles. The maximum Gasteiger partial charge on any atom is 0.251 e. The first-order valence-corrected chi connectivity index (χ1v) is 6.98. The molecule has 1 aliphatic rings. The second-order valence-electron chi connectivity index (χ2n) is 5.49. The first-order valence-electron chi connectivity index (χ1n) is 6.98. The van der Waals surface area contributed by atoms with Crippen molar-refractivity contribution in [2.24, 2.45) is 5.92 Å². The quantitative estimate of drug-likeness (QED) is 0.733. The minimum atomic E-state index is -0.107. The average Bonchev–Trinajstić information content (AvgIpc) is 2.40. The minimum absolute atomic E-state index is 0.107. The monoisotopic (exact) mass is 261 g/mol. The predicted molar refractivity (Wildman–Crippen MR) is 79.3 cm³/mol. The highest BCUT2D eigenvalue weighted by Gasteiger charge is 2.19. The molecule has 4 N–H and O–H groups in total. The summed E-state index contributed by atoms with van der Waals surface area (Å²) in [4.78, 5) is 11.5. The molecule has 4 heteroatoms. The van der Waals surface area contributed by atoms with Crippen molar-refractivity contribution in [2.75, 3.05) is 18.1 Å². The number of benzene rings is 1. The van der Waals surface area contributed by atoms with Gasteiger partial charge in [0.05, 0.1) is 11.4 Å². The van der Waals surface area contributed by atoms with Gasteiger partial charge in [-0.15, -0.1) is 0 Å². The van der Waals surface area contributed by atoms with Crippen LogP contribution in [0.25, 0.3) is 0 Å². The molecule has 2 atom stereocenters. The fourth-order valence-electron chi connectivity index (χ4n) is 2.76. The summed E-state index contributed by atoms with van der Waals surface area (Å²) in [5.74, 6) is 0.669. The number of carbonyl (C=O) groups excluding carboxylic acids is 1. The van der Waals surface area contributed by atoms with Crippen LogP contribution in [0.1, 0.15) is 43.0 Å². The molecule has 4 nitrogen and oxygen atoms in total. The summed E-state index contributed by atoms with van der Waals surface area (Å²) < 4.78 is 0. The minimum Gasteiger partial charge on any atom is -0.397 e.